The summed E-state index contributed by atoms with van der Waals surface area (Å²) in [6.07, 6.45) is -2.92. The maximum atomic E-state index is 13.6. The van der Waals surface area contributed by atoms with E-state index in [0.29, 0.717) is 21.7 Å². The first-order chi connectivity index (χ1) is 19.3. The summed E-state index contributed by atoms with van der Waals surface area (Å²) in [5.41, 5.74) is -0.490. The van der Waals surface area contributed by atoms with E-state index in [-0.39, 0.29) is 47.3 Å². The zero-order valence-electron chi connectivity index (χ0n) is 21.6. The molecule has 2 aromatic carbocycles. The summed E-state index contributed by atoms with van der Waals surface area (Å²) in [6, 6.07) is 11.2. The zero-order chi connectivity index (χ0) is 29.6. The van der Waals surface area contributed by atoms with E-state index in [1.165, 1.54) is 22.8 Å². The van der Waals surface area contributed by atoms with Crippen LogP contribution in [0.2, 0.25) is 5.02 Å². The Morgan fingerprint density at radius 2 is 1.88 bits per heavy atom. The lowest BCUT2D eigenvalue weighted by molar-refractivity contribution is -0.137. The molecule has 0 radical (unpaired) electrons. The topological polar surface area (TPSA) is 123 Å². The van der Waals surface area contributed by atoms with E-state index in [2.05, 4.69) is 15.4 Å². The van der Waals surface area contributed by atoms with Crippen molar-refractivity contribution in [3.8, 4) is 28.3 Å². The number of benzene rings is 2. The Kier molecular flexibility index (Phi) is 7.47. The van der Waals surface area contributed by atoms with Gasteiger partial charge in [0.05, 0.1) is 34.9 Å². The molecule has 2 N–H and O–H groups in total. The third-order valence-corrected chi connectivity index (χ3v) is 8.97. The number of carbonyl (C=O) groups excluding carboxylic acids is 1. The number of aliphatic hydroxyl groups is 1. The van der Waals surface area contributed by atoms with Gasteiger partial charge in [0.1, 0.15) is 12.2 Å². The van der Waals surface area contributed by atoms with Crippen molar-refractivity contribution in [2.24, 2.45) is 0 Å². The summed E-state index contributed by atoms with van der Waals surface area (Å²) in [7, 11) is -3.34. The Balaban J connectivity index is 1.73. The summed E-state index contributed by atoms with van der Waals surface area (Å²) in [4.78, 5) is 18.1. The van der Waals surface area contributed by atoms with Crippen LogP contribution in [0.1, 0.15) is 29.3 Å². The van der Waals surface area contributed by atoms with Crippen LogP contribution in [0.3, 0.4) is 0 Å². The van der Waals surface area contributed by atoms with Crippen molar-refractivity contribution in [2.75, 3.05) is 24.7 Å². The molecule has 9 nitrogen and oxygen atoms in total. The van der Waals surface area contributed by atoms with E-state index >= 15 is 0 Å². The van der Waals surface area contributed by atoms with Gasteiger partial charge in [-0.25, -0.2) is 17.9 Å². The number of rotatable bonds is 7. The van der Waals surface area contributed by atoms with Gasteiger partial charge in [0.2, 0.25) is 5.88 Å². The molecule has 3 heterocycles. The Hall–Kier alpha value is -3.68. The average Bonchev–Trinajstić information content (AvgIpc) is 3.42. The molecule has 1 amide bonds. The monoisotopic (exact) mass is 608 g/mol. The fraction of sp³-hybridized carbons (Fsp3) is 0.296. The standard InChI is InChI=1S/C27H24ClF3N4O5S/c1-26(10-13-41(38,39)15-26)33-24(37)21-23-32-14-19(18-4-2-3-5-20(18)28)22(35(23)34-25(21)40-12-11-36)16-6-8-17(9-7-16)27(29,30)31/h2-9,14,36H,10-13,15H2,1H3,(H,33,37). The molecule has 0 aliphatic carbocycles. The average molecular weight is 609 g/mol. The third kappa shape index (κ3) is 5.74. The molecule has 4 aromatic rings. The lowest BCUT2D eigenvalue weighted by Crippen LogP contribution is -2.47. The molecular weight excluding hydrogens is 585 g/mol. The molecule has 1 aliphatic rings. The maximum absolute atomic E-state index is 13.6. The molecule has 1 unspecified atom stereocenters. The third-order valence-electron chi connectivity index (χ3n) is 6.74. The lowest BCUT2D eigenvalue weighted by Gasteiger charge is -2.23. The number of carbonyl (C=O) groups is 1. The van der Waals surface area contributed by atoms with Crippen molar-refractivity contribution in [3.63, 3.8) is 0 Å². The Labute approximate surface area is 237 Å². The van der Waals surface area contributed by atoms with Crippen molar-refractivity contribution < 1.29 is 36.2 Å². The van der Waals surface area contributed by atoms with Gasteiger partial charge in [0, 0.05) is 27.9 Å². The molecule has 14 heteroatoms. The molecule has 1 saturated heterocycles. The summed E-state index contributed by atoms with van der Waals surface area (Å²) in [5, 5.41) is 16.9. The van der Waals surface area contributed by atoms with E-state index in [0.717, 1.165) is 12.1 Å². The molecule has 0 bridgehead atoms. The van der Waals surface area contributed by atoms with E-state index in [4.69, 9.17) is 16.3 Å². The van der Waals surface area contributed by atoms with Crippen LogP contribution in [0.15, 0.2) is 54.7 Å². The van der Waals surface area contributed by atoms with E-state index in [9.17, 15) is 31.5 Å². The number of halogens is 4. The highest BCUT2D eigenvalue weighted by atomic mass is 35.5. The maximum Gasteiger partial charge on any atom is 0.416 e. The molecule has 2 aromatic heterocycles. The van der Waals surface area contributed by atoms with Gasteiger partial charge < -0.3 is 15.2 Å². The second kappa shape index (κ2) is 10.6. The second-order valence-electron chi connectivity index (χ2n) is 9.92. The predicted molar refractivity (Wildman–Crippen MR) is 146 cm³/mol. The van der Waals surface area contributed by atoms with Gasteiger partial charge in [-0.1, -0.05) is 41.9 Å². The van der Waals surface area contributed by atoms with Crippen molar-refractivity contribution in [3.05, 3.63) is 70.9 Å². The smallest absolute Gasteiger partial charge is 0.416 e. The number of nitrogens with one attached hydrogen (secondary N) is 1. The highest BCUT2D eigenvalue weighted by molar-refractivity contribution is 7.91. The summed E-state index contributed by atoms with van der Waals surface area (Å²) >= 11 is 6.47. The fourth-order valence-electron chi connectivity index (χ4n) is 4.83. The minimum absolute atomic E-state index is 0.00518. The molecule has 0 saturated carbocycles. The van der Waals surface area contributed by atoms with Gasteiger partial charge in [-0.3, -0.25) is 4.79 Å². The van der Waals surface area contributed by atoms with Crippen LogP contribution in [0, 0.1) is 0 Å². The first kappa shape index (κ1) is 28.8. The number of hydrogen-bond donors (Lipinski definition) is 2. The molecule has 5 rings (SSSR count). The predicted octanol–water partition coefficient (Wildman–Crippen LogP) is 4.41. The molecule has 1 aliphatic heterocycles. The first-order valence-electron chi connectivity index (χ1n) is 12.4. The lowest BCUT2D eigenvalue weighted by atomic mass is 9.99. The van der Waals surface area contributed by atoms with E-state index < -0.39 is 39.6 Å². The quantitative estimate of drug-likeness (QED) is 0.319. The van der Waals surface area contributed by atoms with Crippen molar-refractivity contribution in [2.45, 2.75) is 25.1 Å². The minimum Gasteiger partial charge on any atom is -0.474 e. The van der Waals surface area contributed by atoms with Gasteiger partial charge in [0.15, 0.2) is 15.5 Å². The van der Waals surface area contributed by atoms with Gasteiger partial charge in [-0.05, 0) is 31.5 Å². The summed E-state index contributed by atoms with van der Waals surface area (Å²) in [5.74, 6) is -1.23. The molecule has 216 valence electrons. The number of nitrogens with zero attached hydrogens (tertiary/aromatic N) is 3. The molecule has 1 fully saturated rings. The summed E-state index contributed by atoms with van der Waals surface area (Å²) < 4.78 is 71.0. The van der Waals surface area contributed by atoms with Gasteiger partial charge in [-0.15, -0.1) is 5.10 Å². The van der Waals surface area contributed by atoms with Gasteiger partial charge >= 0.3 is 6.18 Å². The largest absolute Gasteiger partial charge is 0.474 e. The van der Waals surface area contributed by atoms with Crippen molar-refractivity contribution in [1.29, 1.82) is 0 Å². The molecular formula is C27H24ClF3N4O5S. The summed E-state index contributed by atoms with van der Waals surface area (Å²) in [6.45, 7) is 1.00. The van der Waals surface area contributed by atoms with Crippen LogP contribution in [-0.2, 0) is 16.0 Å². The molecule has 41 heavy (non-hydrogen) atoms. The van der Waals surface area contributed by atoms with E-state index in [1.54, 1.807) is 31.2 Å². The van der Waals surface area contributed by atoms with Crippen LogP contribution in [-0.4, -0.2) is 64.3 Å². The number of amides is 1. The normalized spacial score (nSPS) is 18.5. The van der Waals surface area contributed by atoms with E-state index in [1.807, 2.05) is 0 Å². The molecule has 0 spiro atoms. The highest BCUT2D eigenvalue weighted by Gasteiger charge is 2.41. The Morgan fingerprint density at radius 1 is 1.17 bits per heavy atom. The highest BCUT2D eigenvalue weighted by Crippen LogP contribution is 2.39. The van der Waals surface area contributed by atoms with Crippen molar-refractivity contribution in [1.82, 2.24) is 19.9 Å². The number of aliphatic hydroxyl groups excluding tert-OH is 1. The number of alkyl halides is 3. The number of fused-ring (bicyclic) bond motifs is 1. The van der Waals surface area contributed by atoms with Gasteiger partial charge in [0.25, 0.3) is 5.91 Å². The number of aromatic nitrogens is 3. The SMILES string of the molecule is CC1(NC(=O)c2c(OCCO)nn3c(-c4ccc(C(F)(F)F)cc4)c(-c4ccccc4Cl)cnc23)CCS(=O)(=O)C1. The molecule has 1 atom stereocenters. The first-order valence-corrected chi connectivity index (χ1v) is 14.6. The van der Waals surface area contributed by atoms with Crippen LogP contribution in [0.5, 0.6) is 5.88 Å². The minimum atomic E-state index is -4.55. The Bertz CT molecular complexity index is 1740. The van der Waals surface area contributed by atoms with Crippen molar-refractivity contribution >= 4 is 33.0 Å². The van der Waals surface area contributed by atoms with Crippen LogP contribution in [0.4, 0.5) is 13.2 Å². The van der Waals surface area contributed by atoms with Crippen LogP contribution in [0.25, 0.3) is 28.0 Å². The number of hydrogen-bond acceptors (Lipinski definition) is 7. The zero-order valence-corrected chi connectivity index (χ0v) is 23.1. The second-order valence-corrected chi connectivity index (χ2v) is 12.5. The fourth-order valence-corrected chi connectivity index (χ4v) is 7.16. The van der Waals surface area contributed by atoms with Crippen LogP contribution < -0.4 is 10.1 Å². The van der Waals surface area contributed by atoms with Crippen LogP contribution >= 0.6 is 11.6 Å². The van der Waals surface area contributed by atoms with Gasteiger partial charge in [-0.2, -0.15) is 13.2 Å². The Morgan fingerprint density at radius 3 is 2.49 bits per heavy atom. The number of ether oxygens (including phenoxy) is 1. The number of sulfone groups is 1.